The number of para-hydroxylation sites is 1. The van der Waals surface area contributed by atoms with Crippen LogP contribution in [0.25, 0.3) is 6.08 Å². The van der Waals surface area contributed by atoms with E-state index in [-0.39, 0.29) is 46.7 Å². The minimum Gasteiger partial charge on any atom is -0.490 e. The molecule has 0 heterocycles. The van der Waals surface area contributed by atoms with Crippen molar-refractivity contribution in [2.75, 3.05) is 11.9 Å². The van der Waals surface area contributed by atoms with E-state index in [0.29, 0.717) is 11.1 Å². The van der Waals surface area contributed by atoms with Crippen LogP contribution in [-0.2, 0) is 11.4 Å². The molecule has 0 fully saturated rings. The van der Waals surface area contributed by atoms with Gasteiger partial charge < -0.3 is 14.8 Å². The van der Waals surface area contributed by atoms with E-state index < -0.39 is 16.6 Å². The molecule has 0 bridgehead atoms. The summed E-state index contributed by atoms with van der Waals surface area (Å²) in [5.41, 5.74) is 0.522. The number of hydrogen-bond donors (Lipinski definition) is 1. The first-order chi connectivity index (χ1) is 16.8. The van der Waals surface area contributed by atoms with Crippen molar-refractivity contribution >= 4 is 35.0 Å². The van der Waals surface area contributed by atoms with E-state index in [9.17, 15) is 24.6 Å². The largest absolute Gasteiger partial charge is 0.490 e. The molecule has 35 heavy (non-hydrogen) atoms. The molecule has 0 spiro atoms. The Hall–Kier alpha value is -4.42. The Balaban J connectivity index is 1.86. The average molecular weight is 496 g/mol. The maximum Gasteiger partial charge on any atom is 0.269 e. The minimum atomic E-state index is -0.794. The van der Waals surface area contributed by atoms with Gasteiger partial charge in [-0.25, -0.2) is 4.39 Å². The van der Waals surface area contributed by atoms with Gasteiger partial charge in [-0.2, -0.15) is 5.26 Å². The van der Waals surface area contributed by atoms with Gasteiger partial charge in [0.2, 0.25) is 0 Å². The number of carbonyl (C=O) groups is 1. The number of ether oxygens (including phenoxy) is 2. The molecule has 8 nitrogen and oxygen atoms in total. The normalized spacial score (nSPS) is 10.9. The summed E-state index contributed by atoms with van der Waals surface area (Å²) < 4.78 is 25.2. The number of halogens is 2. The number of nitrogens with one attached hydrogen (secondary N) is 1. The molecule has 0 unspecified atom stereocenters. The Morgan fingerprint density at radius 2 is 1.97 bits per heavy atom. The van der Waals surface area contributed by atoms with E-state index in [0.717, 1.165) is 0 Å². The zero-order chi connectivity index (χ0) is 25.4. The number of nitriles is 1. The van der Waals surface area contributed by atoms with E-state index in [1.807, 2.05) is 0 Å². The molecule has 178 valence electrons. The van der Waals surface area contributed by atoms with Gasteiger partial charge >= 0.3 is 0 Å². The van der Waals surface area contributed by atoms with Crippen molar-refractivity contribution in [2.45, 2.75) is 13.5 Å². The molecular weight excluding hydrogens is 477 g/mol. The standard InChI is InChI=1S/C25H19ClFN3O5/c1-2-34-23-13-17(10-18(14-28)25(31)29-22-9-4-3-8-21(22)27)12-20(26)24(23)35-15-16-6-5-7-19(11-16)30(32)33/h3-13H,2,15H2,1H3,(H,29,31)/b18-10-. The summed E-state index contributed by atoms with van der Waals surface area (Å²) in [5.74, 6) is -0.974. The highest BCUT2D eigenvalue weighted by Gasteiger charge is 2.16. The molecule has 3 aromatic carbocycles. The number of nitro benzene ring substituents is 1. The second-order valence-corrected chi connectivity index (χ2v) is 7.49. The maximum atomic E-state index is 13.8. The molecule has 0 atom stereocenters. The first kappa shape index (κ1) is 25.2. The third kappa shape index (κ3) is 6.56. The molecule has 0 aromatic heterocycles. The first-order valence-electron chi connectivity index (χ1n) is 10.3. The van der Waals surface area contributed by atoms with E-state index in [4.69, 9.17) is 21.1 Å². The van der Waals surface area contributed by atoms with Gasteiger partial charge in [-0.3, -0.25) is 14.9 Å². The van der Waals surface area contributed by atoms with Crippen LogP contribution < -0.4 is 14.8 Å². The number of nitro groups is 1. The predicted octanol–water partition coefficient (Wildman–Crippen LogP) is 5.91. The highest BCUT2D eigenvalue weighted by Crippen LogP contribution is 2.38. The zero-order valence-electron chi connectivity index (χ0n) is 18.5. The molecule has 0 saturated heterocycles. The van der Waals surface area contributed by atoms with Crippen molar-refractivity contribution in [3.63, 3.8) is 0 Å². The lowest BCUT2D eigenvalue weighted by molar-refractivity contribution is -0.384. The van der Waals surface area contributed by atoms with Gasteiger partial charge in [0.05, 0.1) is 22.2 Å². The SMILES string of the molecule is CCOc1cc(/C=C(/C#N)C(=O)Nc2ccccc2F)cc(Cl)c1OCc1cccc([N+](=O)[O-])c1. The first-order valence-corrected chi connectivity index (χ1v) is 10.7. The maximum absolute atomic E-state index is 13.8. The number of benzene rings is 3. The summed E-state index contributed by atoms with van der Waals surface area (Å²) in [7, 11) is 0. The van der Waals surface area contributed by atoms with Crippen molar-refractivity contribution in [3.05, 3.63) is 98.3 Å². The summed E-state index contributed by atoms with van der Waals surface area (Å²) in [6, 6.07) is 16.4. The van der Waals surface area contributed by atoms with Crippen molar-refractivity contribution < 1.29 is 23.6 Å². The highest BCUT2D eigenvalue weighted by molar-refractivity contribution is 6.32. The van der Waals surface area contributed by atoms with Gasteiger partial charge in [-0.15, -0.1) is 0 Å². The van der Waals surface area contributed by atoms with Gasteiger partial charge in [0.1, 0.15) is 24.1 Å². The highest BCUT2D eigenvalue weighted by atomic mass is 35.5. The number of rotatable bonds is 9. The van der Waals surface area contributed by atoms with Crippen LogP contribution in [0.3, 0.4) is 0 Å². The van der Waals surface area contributed by atoms with Crippen molar-refractivity contribution in [1.82, 2.24) is 0 Å². The van der Waals surface area contributed by atoms with Crippen molar-refractivity contribution in [1.29, 1.82) is 5.26 Å². The van der Waals surface area contributed by atoms with Gasteiger partial charge in [0.15, 0.2) is 11.5 Å². The lowest BCUT2D eigenvalue weighted by Crippen LogP contribution is -2.14. The second kappa shape index (κ2) is 11.6. The average Bonchev–Trinajstić information content (AvgIpc) is 2.83. The molecule has 0 aliphatic heterocycles. The van der Waals surface area contributed by atoms with Gasteiger partial charge in [0, 0.05) is 12.1 Å². The van der Waals surface area contributed by atoms with Gasteiger partial charge in [-0.1, -0.05) is 35.9 Å². The summed E-state index contributed by atoms with van der Waals surface area (Å²) in [4.78, 5) is 23.0. The lowest BCUT2D eigenvalue weighted by atomic mass is 10.1. The van der Waals surface area contributed by atoms with Crippen molar-refractivity contribution in [3.8, 4) is 17.6 Å². The van der Waals surface area contributed by atoms with Crippen LogP contribution in [0.5, 0.6) is 11.5 Å². The summed E-state index contributed by atoms with van der Waals surface area (Å²) >= 11 is 6.40. The summed E-state index contributed by atoms with van der Waals surface area (Å²) in [6.07, 6.45) is 1.29. The molecule has 0 radical (unpaired) electrons. The van der Waals surface area contributed by atoms with Crippen LogP contribution in [0.1, 0.15) is 18.1 Å². The van der Waals surface area contributed by atoms with Crippen LogP contribution in [0, 0.1) is 27.3 Å². The molecule has 10 heteroatoms. The molecule has 3 aromatic rings. The van der Waals surface area contributed by atoms with Crippen LogP contribution in [0.2, 0.25) is 5.02 Å². The minimum absolute atomic E-state index is 0.00878. The van der Waals surface area contributed by atoms with E-state index in [1.54, 1.807) is 31.2 Å². The summed E-state index contributed by atoms with van der Waals surface area (Å²) in [6.45, 7) is 2.02. The quantitative estimate of drug-likeness (QED) is 0.171. The summed E-state index contributed by atoms with van der Waals surface area (Å²) in [5, 5.41) is 22.9. The molecule has 0 aliphatic rings. The molecular formula is C25H19ClFN3O5. The topological polar surface area (TPSA) is 114 Å². The Morgan fingerprint density at radius 1 is 1.20 bits per heavy atom. The number of amides is 1. The third-order valence-electron chi connectivity index (χ3n) is 4.63. The Bertz CT molecular complexity index is 1340. The third-order valence-corrected chi connectivity index (χ3v) is 4.92. The molecule has 0 saturated carbocycles. The van der Waals surface area contributed by atoms with Crippen LogP contribution in [-0.4, -0.2) is 17.4 Å². The molecule has 3 rings (SSSR count). The fourth-order valence-corrected chi connectivity index (χ4v) is 3.33. The number of non-ortho nitro benzene ring substituents is 1. The number of anilines is 1. The Labute approximate surface area is 205 Å². The van der Waals surface area contributed by atoms with E-state index in [1.165, 1.54) is 48.5 Å². The smallest absolute Gasteiger partial charge is 0.269 e. The molecule has 0 aliphatic carbocycles. The fraction of sp³-hybridized carbons (Fsp3) is 0.120. The van der Waals surface area contributed by atoms with Crippen LogP contribution in [0.4, 0.5) is 15.8 Å². The molecule has 1 amide bonds. The fourth-order valence-electron chi connectivity index (χ4n) is 3.06. The van der Waals surface area contributed by atoms with Crippen molar-refractivity contribution in [2.24, 2.45) is 0 Å². The van der Waals surface area contributed by atoms with E-state index in [2.05, 4.69) is 5.32 Å². The van der Waals surface area contributed by atoms with Gasteiger partial charge in [0.25, 0.3) is 11.6 Å². The predicted molar refractivity (Wildman–Crippen MR) is 129 cm³/mol. The molecule has 1 N–H and O–H groups in total. The second-order valence-electron chi connectivity index (χ2n) is 7.08. The van der Waals surface area contributed by atoms with Crippen LogP contribution >= 0.6 is 11.6 Å². The number of nitrogens with zero attached hydrogens (tertiary/aromatic N) is 2. The Kier molecular flexibility index (Phi) is 8.38. The lowest BCUT2D eigenvalue weighted by Gasteiger charge is -2.15. The number of hydrogen-bond acceptors (Lipinski definition) is 6. The Morgan fingerprint density at radius 3 is 2.66 bits per heavy atom. The van der Waals surface area contributed by atoms with Crippen LogP contribution in [0.15, 0.2) is 66.2 Å². The zero-order valence-corrected chi connectivity index (χ0v) is 19.2. The van der Waals surface area contributed by atoms with E-state index >= 15 is 0 Å². The monoisotopic (exact) mass is 495 g/mol. The number of carbonyl (C=O) groups excluding carboxylic acids is 1. The van der Waals surface area contributed by atoms with Gasteiger partial charge in [-0.05, 0) is 48.4 Å².